The summed E-state index contributed by atoms with van der Waals surface area (Å²) < 4.78 is 66.9. The van der Waals surface area contributed by atoms with Crippen molar-refractivity contribution < 1.29 is 36.0 Å². The van der Waals surface area contributed by atoms with Crippen LogP contribution in [0, 0.1) is 41.5 Å². The average molecular weight is 543 g/mol. The molecule has 1 saturated heterocycles. The number of hydroxylamine groups is 2. The molecule has 0 N–H and O–H groups in total. The third-order valence-corrected chi connectivity index (χ3v) is 10.4. The van der Waals surface area contributed by atoms with E-state index in [2.05, 4.69) is 0 Å². The molecule has 0 unspecified atom stereocenters. The van der Waals surface area contributed by atoms with Crippen LogP contribution in [-0.4, -0.2) is 66.3 Å². The van der Waals surface area contributed by atoms with E-state index >= 15 is 0 Å². The number of benzene rings is 2. The van der Waals surface area contributed by atoms with Crippen LogP contribution >= 0.6 is 0 Å². The lowest BCUT2D eigenvalue weighted by Gasteiger charge is -2.30. The number of aryl methyl sites for hydroxylation is 2. The first-order valence-electron chi connectivity index (χ1n) is 11.4. The molecule has 10 nitrogen and oxygen atoms in total. The Morgan fingerprint density at radius 2 is 0.972 bits per heavy atom. The van der Waals surface area contributed by atoms with E-state index in [1.807, 2.05) is 0 Å². The predicted molar refractivity (Wildman–Crippen MR) is 134 cm³/mol. The number of sulfonamides is 2. The summed E-state index contributed by atoms with van der Waals surface area (Å²) in [5.74, 6) is 1.17. The fourth-order valence-corrected chi connectivity index (χ4v) is 7.90. The van der Waals surface area contributed by atoms with E-state index in [9.17, 15) is 16.8 Å². The Bertz CT molecular complexity index is 1270. The van der Waals surface area contributed by atoms with Gasteiger partial charge in [0.2, 0.25) is 0 Å². The van der Waals surface area contributed by atoms with Crippen LogP contribution in [0.1, 0.15) is 33.4 Å². The van der Waals surface area contributed by atoms with E-state index in [1.165, 1.54) is 14.2 Å². The number of methoxy groups -OCH3 is 2. The maximum absolute atomic E-state index is 13.6. The van der Waals surface area contributed by atoms with Crippen LogP contribution in [0.25, 0.3) is 0 Å². The molecule has 0 saturated carbocycles. The predicted octanol–water partition coefficient (Wildman–Crippen LogP) is 3.11. The van der Waals surface area contributed by atoms with Crippen LogP contribution in [0.3, 0.4) is 0 Å². The lowest BCUT2D eigenvalue weighted by atomic mass is 10.1. The van der Waals surface area contributed by atoms with E-state index in [1.54, 1.807) is 53.7 Å². The zero-order valence-corrected chi connectivity index (χ0v) is 23.6. The molecule has 2 aromatic rings. The molecule has 3 rings (SSSR count). The van der Waals surface area contributed by atoms with Gasteiger partial charge in [0.25, 0.3) is 20.0 Å². The highest BCUT2D eigenvalue weighted by atomic mass is 32.2. The van der Waals surface area contributed by atoms with E-state index in [0.29, 0.717) is 44.9 Å². The molecule has 0 amide bonds. The summed E-state index contributed by atoms with van der Waals surface area (Å²) in [4.78, 5) is 11.3. The highest BCUT2D eigenvalue weighted by Gasteiger charge is 2.36. The SMILES string of the molecule is COc1cc(C)c(S(=O)(=O)N2CCN(S(=O)(=O)c3c(C)cc(OC)c(C)c3C)OCCO2)c(C)c1C. The minimum absolute atomic E-state index is 0.106. The summed E-state index contributed by atoms with van der Waals surface area (Å²) in [5.41, 5.74) is 3.48. The summed E-state index contributed by atoms with van der Waals surface area (Å²) in [6.45, 7) is 9.51. The van der Waals surface area contributed by atoms with Crippen LogP contribution in [0.4, 0.5) is 0 Å². The van der Waals surface area contributed by atoms with Gasteiger partial charge in [-0.15, -0.1) is 0 Å². The quantitative estimate of drug-likeness (QED) is 0.548. The summed E-state index contributed by atoms with van der Waals surface area (Å²) in [6, 6.07) is 3.33. The number of rotatable bonds is 6. The standard InChI is InChI=1S/C24H34N2O8S2/c1-15-13-21(31-7)17(3)19(5)23(15)35(27,28)25-9-10-26(34-12-11-33-25)36(29,30)24-16(2)14-22(32-8)18(4)20(24)6/h13-14H,9-12H2,1-8H3. The van der Waals surface area contributed by atoms with Crippen LogP contribution < -0.4 is 9.47 Å². The van der Waals surface area contributed by atoms with Crippen LogP contribution in [-0.2, 0) is 29.7 Å². The number of hydrogen-bond donors (Lipinski definition) is 0. The van der Waals surface area contributed by atoms with Gasteiger partial charge in [0.05, 0.1) is 50.3 Å². The van der Waals surface area contributed by atoms with Gasteiger partial charge in [-0.05, 0) is 87.1 Å². The van der Waals surface area contributed by atoms with E-state index in [0.717, 1.165) is 8.94 Å². The molecule has 1 heterocycles. The molecule has 12 heteroatoms. The molecule has 0 bridgehead atoms. The Kier molecular flexibility index (Phi) is 8.38. The molecule has 2 aromatic carbocycles. The third-order valence-electron chi connectivity index (χ3n) is 6.47. The number of hydrogen-bond acceptors (Lipinski definition) is 8. The second-order valence-corrected chi connectivity index (χ2v) is 12.2. The minimum Gasteiger partial charge on any atom is -0.496 e. The molecule has 0 aliphatic carbocycles. The number of nitrogens with zero attached hydrogens (tertiary/aromatic N) is 2. The molecule has 0 atom stereocenters. The second-order valence-electron chi connectivity index (χ2n) is 8.68. The van der Waals surface area contributed by atoms with Crippen molar-refractivity contribution in [2.75, 3.05) is 40.5 Å². The van der Waals surface area contributed by atoms with Gasteiger partial charge >= 0.3 is 0 Å². The molecular formula is C24H34N2O8S2. The first-order chi connectivity index (χ1) is 16.8. The van der Waals surface area contributed by atoms with Crippen molar-refractivity contribution in [3.8, 4) is 11.5 Å². The first kappa shape index (κ1) is 28.4. The molecule has 200 valence electrons. The van der Waals surface area contributed by atoms with Crippen LogP contribution in [0.5, 0.6) is 11.5 Å². The van der Waals surface area contributed by atoms with E-state index in [-0.39, 0.29) is 36.1 Å². The van der Waals surface area contributed by atoms with Crippen molar-refractivity contribution in [3.63, 3.8) is 0 Å². The Hall–Kier alpha value is -2.22. The van der Waals surface area contributed by atoms with Crippen molar-refractivity contribution in [1.29, 1.82) is 0 Å². The molecule has 0 aromatic heterocycles. The van der Waals surface area contributed by atoms with Crippen molar-refractivity contribution >= 4 is 20.0 Å². The minimum atomic E-state index is -4.11. The largest absolute Gasteiger partial charge is 0.496 e. The highest BCUT2D eigenvalue weighted by molar-refractivity contribution is 7.89. The van der Waals surface area contributed by atoms with Crippen molar-refractivity contribution in [2.24, 2.45) is 0 Å². The molecule has 36 heavy (non-hydrogen) atoms. The van der Waals surface area contributed by atoms with E-state index < -0.39 is 20.0 Å². The van der Waals surface area contributed by atoms with Crippen LogP contribution in [0.2, 0.25) is 0 Å². The Balaban J connectivity index is 1.97. The third kappa shape index (κ3) is 4.98. The molecule has 0 radical (unpaired) electrons. The van der Waals surface area contributed by atoms with E-state index in [4.69, 9.17) is 19.1 Å². The Morgan fingerprint density at radius 3 is 1.28 bits per heavy atom. The summed E-state index contributed by atoms with van der Waals surface area (Å²) in [5, 5.41) is 0. The Morgan fingerprint density at radius 1 is 0.639 bits per heavy atom. The normalized spacial score (nSPS) is 16.4. The lowest BCUT2D eigenvalue weighted by molar-refractivity contribution is -0.179. The summed E-state index contributed by atoms with van der Waals surface area (Å²) in [7, 11) is -5.17. The number of ether oxygens (including phenoxy) is 2. The van der Waals surface area contributed by atoms with Crippen molar-refractivity contribution in [3.05, 3.63) is 45.5 Å². The molecule has 1 aliphatic rings. The van der Waals surface area contributed by atoms with Gasteiger partial charge < -0.3 is 9.47 Å². The van der Waals surface area contributed by atoms with Gasteiger partial charge in [-0.3, -0.25) is 9.68 Å². The topological polar surface area (TPSA) is 112 Å². The maximum atomic E-state index is 13.6. The van der Waals surface area contributed by atoms with Gasteiger partial charge in [-0.25, -0.2) is 16.8 Å². The fourth-order valence-electron chi connectivity index (χ4n) is 4.41. The van der Waals surface area contributed by atoms with Crippen LogP contribution in [0.15, 0.2) is 21.9 Å². The summed E-state index contributed by atoms with van der Waals surface area (Å²) >= 11 is 0. The molecule has 0 spiro atoms. The average Bonchev–Trinajstić information content (AvgIpc) is 2.77. The zero-order chi connectivity index (χ0) is 27.0. The molecule has 1 fully saturated rings. The van der Waals surface area contributed by atoms with Gasteiger partial charge in [-0.2, -0.15) is 0 Å². The second kappa shape index (κ2) is 10.6. The highest BCUT2D eigenvalue weighted by Crippen LogP contribution is 2.34. The monoisotopic (exact) mass is 542 g/mol. The van der Waals surface area contributed by atoms with Gasteiger partial charge in [0.15, 0.2) is 0 Å². The zero-order valence-electron chi connectivity index (χ0n) is 22.0. The van der Waals surface area contributed by atoms with Crippen molar-refractivity contribution in [2.45, 2.75) is 51.3 Å². The fraction of sp³-hybridized carbons (Fsp3) is 0.500. The maximum Gasteiger partial charge on any atom is 0.265 e. The molecule has 1 aliphatic heterocycles. The summed E-state index contributed by atoms with van der Waals surface area (Å²) in [6.07, 6.45) is 0. The first-order valence-corrected chi connectivity index (χ1v) is 14.3. The van der Waals surface area contributed by atoms with Crippen molar-refractivity contribution in [1.82, 2.24) is 8.94 Å². The van der Waals surface area contributed by atoms with Gasteiger partial charge in [0, 0.05) is 0 Å². The molecular weight excluding hydrogens is 508 g/mol. The smallest absolute Gasteiger partial charge is 0.265 e. The Labute approximate surface area is 213 Å². The van der Waals surface area contributed by atoms with Gasteiger partial charge in [0.1, 0.15) is 11.5 Å². The lowest BCUT2D eigenvalue weighted by Crippen LogP contribution is -2.45. The van der Waals surface area contributed by atoms with Gasteiger partial charge in [-0.1, -0.05) is 8.94 Å².